The van der Waals surface area contributed by atoms with Gasteiger partial charge in [0.1, 0.15) is 6.04 Å². The molecule has 1 heterocycles. The minimum atomic E-state index is -0.905. The maximum Gasteiger partial charge on any atom is 0.326 e. The zero-order valence-electron chi connectivity index (χ0n) is 9.43. The van der Waals surface area contributed by atoms with E-state index in [9.17, 15) is 9.59 Å². The molecule has 15 heavy (non-hydrogen) atoms. The molecule has 0 aromatic carbocycles. The van der Waals surface area contributed by atoms with E-state index >= 15 is 0 Å². The molecular weight excluding hydrogens is 196 g/mol. The van der Waals surface area contributed by atoms with E-state index in [4.69, 9.17) is 5.11 Å². The summed E-state index contributed by atoms with van der Waals surface area (Å²) >= 11 is 0. The summed E-state index contributed by atoms with van der Waals surface area (Å²) in [4.78, 5) is 25.8. The van der Waals surface area contributed by atoms with Crippen LogP contribution in [-0.4, -0.2) is 52.6 Å². The van der Waals surface area contributed by atoms with Crippen LogP contribution in [0.2, 0.25) is 0 Å². The summed E-state index contributed by atoms with van der Waals surface area (Å²) in [5.41, 5.74) is 0. The van der Waals surface area contributed by atoms with Gasteiger partial charge in [0.25, 0.3) is 0 Å². The Morgan fingerprint density at radius 3 is 2.53 bits per heavy atom. The largest absolute Gasteiger partial charge is 0.480 e. The van der Waals surface area contributed by atoms with Crippen LogP contribution in [0.15, 0.2) is 0 Å². The highest BCUT2D eigenvalue weighted by atomic mass is 16.4. The minimum Gasteiger partial charge on any atom is -0.480 e. The van der Waals surface area contributed by atoms with Crippen LogP contribution in [0.5, 0.6) is 0 Å². The van der Waals surface area contributed by atoms with E-state index < -0.39 is 12.0 Å². The molecule has 1 saturated heterocycles. The molecule has 1 fully saturated rings. The van der Waals surface area contributed by atoms with E-state index in [-0.39, 0.29) is 12.1 Å². The monoisotopic (exact) mass is 214 g/mol. The van der Waals surface area contributed by atoms with Gasteiger partial charge in [0, 0.05) is 19.6 Å². The zero-order valence-corrected chi connectivity index (χ0v) is 9.43. The van der Waals surface area contributed by atoms with Crippen molar-refractivity contribution in [2.45, 2.75) is 38.8 Å². The number of carbonyl (C=O) groups excluding carboxylic acids is 1. The fourth-order valence-corrected chi connectivity index (χ4v) is 1.68. The summed E-state index contributed by atoms with van der Waals surface area (Å²) in [7, 11) is 1.70. The minimum absolute atomic E-state index is 0.0903. The number of urea groups is 1. The predicted octanol–water partition coefficient (Wildman–Crippen LogP) is 0.996. The standard InChI is InChI=1S/C10H18N2O3/c1-7(2)11(3)10(15)12-6-4-5-8(12)9(13)14/h7-8H,4-6H2,1-3H3,(H,13,14). The topological polar surface area (TPSA) is 60.9 Å². The van der Waals surface area contributed by atoms with Gasteiger partial charge in [0.2, 0.25) is 0 Å². The molecule has 1 rings (SSSR count). The van der Waals surface area contributed by atoms with Crippen LogP contribution in [0, 0.1) is 0 Å². The van der Waals surface area contributed by atoms with E-state index in [1.54, 1.807) is 11.9 Å². The summed E-state index contributed by atoms with van der Waals surface area (Å²) < 4.78 is 0. The fourth-order valence-electron chi connectivity index (χ4n) is 1.68. The summed E-state index contributed by atoms with van der Waals surface area (Å²) in [6, 6.07) is -0.735. The molecule has 0 radical (unpaired) electrons. The molecule has 0 bridgehead atoms. The first kappa shape index (κ1) is 11.8. The molecule has 1 N–H and O–H groups in total. The van der Waals surface area contributed by atoms with Crippen molar-refractivity contribution in [3.63, 3.8) is 0 Å². The smallest absolute Gasteiger partial charge is 0.326 e. The Hall–Kier alpha value is -1.26. The van der Waals surface area contributed by atoms with Crippen molar-refractivity contribution in [1.29, 1.82) is 0 Å². The summed E-state index contributed by atoms with van der Waals surface area (Å²) in [6.45, 7) is 4.36. The second-order valence-electron chi connectivity index (χ2n) is 4.18. The van der Waals surface area contributed by atoms with Crippen molar-refractivity contribution in [3.8, 4) is 0 Å². The summed E-state index contributed by atoms with van der Waals surface area (Å²) in [6.07, 6.45) is 1.33. The lowest BCUT2D eigenvalue weighted by Gasteiger charge is -2.29. The van der Waals surface area contributed by atoms with Crippen molar-refractivity contribution < 1.29 is 14.7 Å². The number of hydrogen-bond acceptors (Lipinski definition) is 2. The normalized spacial score (nSPS) is 20.8. The maximum absolute atomic E-state index is 11.9. The van der Waals surface area contributed by atoms with E-state index in [1.165, 1.54) is 4.90 Å². The average Bonchev–Trinajstić information content (AvgIpc) is 2.63. The van der Waals surface area contributed by atoms with Crippen LogP contribution < -0.4 is 0 Å². The number of aliphatic carboxylic acids is 1. The zero-order chi connectivity index (χ0) is 11.6. The van der Waals surface area contributed by atoms with Crippen LogP contribution in [0.4, 0.5) is 4.79 Å². The molecule has 86 valence electrons. The third-order valence-electron chi connectivity index (χ3n) is 2.86. The lowest BCUT2D eigenvalue weighted by molar-refractivity contribution is -0.141. The molecule has 2 amide bonds. The van der Waals surface area contributed by atoms with E-state index in [1.807, 2.05) is 13.8 Å². The Bertz CT molecular complexity index is 265. The molecule has 1 atom stereocenters. The highest BCUT2D eigenvalue weighted by Gasteiger charge is 2.35. The Morgan fingerprint density at radius 2 is 2.07 bits per heavy atom. The highest BCUT2D eigenvalue weighted by molar-refractivity contribution is 5.83. The summed E-state index contributed by atoms with van der Waals surface area (Å²) in [5.74, 6) is -0.905. The number of carboxylic acid groups (broad SMARTS) is 1. The van der Waals surface area contributed by atoms with E-state index in [2.05, 4.69) is 0 Å². The number of carboxylic acids is 1. The Kier molecular flexibility index (Phi) is 3.55. The van der Waals surface area contributed by atoms with Gasteiger partial charge in [0.15, 0.2) is 0 Å². The quantitative estimate of drug-likeness (QED) is 0.745. The molecule has 5 heteroatoms. The third-order valence-corrected chi connectivity index (χ3v) is 2.86. The first-order chi connectivity index (χ1) is 6.95. The molecule has 0 saturated carbocycles. The van der Waals surface area contributed by atoms with Crippen LogP contribution in [0.3, 0.4) is 0 Å². The number of rotatable bonds is 2. The predicted molar refractivity (Wildman–Crippen MR) is 55.7 cm³/mol. The molecule has 0 aromatic heterocycles. The molecule has 1 aliphatic rings. The van der Waals surface area contributed by atoms with Gasteiger partial charge in [-0.2, -0.15) is 0 Å². The van der Waals surface area contributed by atoms with Crippen LogP contribution in [0.1, 0.15) is 26.7 Å². The van der Waals surface area contributed by atoms with Crippen LogP contribution in [0.25, 0.3) is 0 Å². The lowest BCUT2D eigenvalue weighted by Crippen LogP contribution is -2.48. The van der Waals surface area contributed by atoms with E-state index in [0.29, 0.717) is 13.0 Å². The van der Waals surface area contributed by atoms with Gasteiger partial charge in [-0.25, -0.2) is 9.59 Å². The van der Waals surface area contributed by atoms with Gasteiger partial charge in [-0.3, -0.25) is 0 Å². The maximum atomic E-state index is 11.9. The molecule has 5 nitrogen and oxygen atoms in total. The molecule has 0 spiro atoms. The number of hydrogen-bond donors (Lipinski definition) is 1. The van der Waals surface area contributed by atoms with Crippen molar-refractivity contribution in [2.75, 3.05) is 13.6 Å². The van der Waals surface area contributed by atoms with Gasteiger partial charge in [-0.05, 0) is 26.7 Å². The Balaban J connectivity index is 2.70. The van der Waals surface area contributed by atoms with Crippen LogP contribution in [-0.2, 0) is 4.79 Å². The van der Waals surface area contributed by atoms with Gasteiger partial charge >= 0.3 is 12.0 Å². The molecule has 0 aromatic rings. The van der Waals surface area contributed by atoms with Crippen molar-refractivity contribution >= 4 is 12.0 Å². The highest BCUT2D eigenvalue weighted by Crippen LogP contribution is 2.19. The van der Waals surface area contributed by atoms with Gasteiger partial charge in [-0.1, -0.05) is 0 Å². The molecule has 1 aliphatic heterocycles. The van der Waals surface area contributed by atoms with Crippen molar-refractivity contribution in [2.24, 2.45) is 0 Å². The number of carbonyl (C=O) groups is 2. The average molecular weight is 214 g/mol. The number of likely N-dealkylation sites (tertiary alicyclic amines) is 1. The molecule has 1 unspecified atom stereocenters. The second kappa shape index (κ2) is 4.51. The van der Waals surface area contributed by atoms with Crippen molar-refractivity contribution in [1.82, 2.24) is 9.80 Å². The molecule has 0 aliphatic carbocycles. The lowest BCUT2D eigenvalue weighted by atomic mass is 10.2. The number of amides is 2. The Morgan fingerprint density at radius 1 is 1.47 bits per heavy atom. The third kappa shape index (κ3) is 2.40. The second-order valence-corrected chi connectivity index (χ2v) is 4.18. The molecular formula is C10H18N2O3. The van der Waals surface area contributed by atoms with E-state index in [0.717, 1.165) is 6.42 Å². The van der Waals surface area contributed by atoms with Gasteiger partial charge in [-0.15, -0.1) is 0 Å². The Labute approximate surface area is 89.7 Å². The van der Waals surface area contributed by atoms with Gasteiger partial charge in [0.05, 0.1) is 0 Å². The van der Waals surface area contributed by atoms with Gasteiger partial charge < -0.3 is 14.9 Å². The van der Waals surface area contributed by atoms with Crippen LogP contribution >= 0.6 is 0 Å². The first-order valence-electron chi connectivity index (χ1n) is 5.21. The fraction of sp³-hybridized carbons (Fsp3) is 0.800. The number of nitrogens with zero attached hydrogens (tertiary/aromatic N) is 2. The SMILES string of the molecule is CC(C)N(C)C(=O)N1CCCC1C(=O)O. The first-order valence-corrected chi connectivity index (χ1v) is 5.21. The summed E-state index contributed by atoms with van der Waals surface area (Å²) in [5, 5.41) is 8.94. The van der Waals surface area contributed by atoms with Crippen molar-refractivity contribution in [3.05, 3.63) is 0 Å².